The number of allylic oxidation sites excluding steroid dienone is 2. The minimum absolute atomic E-state index is 0.00113. The van der Waals surface area contributed by atoms with Gasteiger partial charge in [-0.1, -0.05) is 0 Å². The summed E-state index contributed by atoms with van der Waals surface area (Å²) in [5.41, 5.74) is -1.08. The molecule has 1 N–H and O–H groups in total. The smallest absolute Gasteiger partial charge is 0.414 e. The van der Waals surface area contributed by atoms with Crippen LogP contribution >= 0.6 is 0 Å². The summed E-state index contributed by atoms with van der Waals surface area (Å²) in [5.74, 6) is -0.910. The highest BCUT2D eigenvalue weighted by molar-refractivity contribution is 7.86. The lowest BCUT2D eigenvalue weighted by molar-refractivity contribution is -0.132. The average Bonchev–Trinajstić information content (AvgIpc) is 3.09. The van der Waals surface area contributed by atoms with Crippen LogP contribution in [0.4, 0.5) is 13.1 Å². The minimum Gasteiger partial charge on any atom is -0.489 e. The number of hydrogen-bond acceptors (Lipinski definition) is 7. The first-order valence-corrected chi connectivity index (χ1v) is 14.4. The molecule has 2 saturated heterocycles. The monoisotopic (exact) mass is 567 g/mol. The highest BCUT2D eigenvalue weighted by Gasteiger charge is 2.56. The molecule has 2 fully saturated rings. The minimum atomic E-state index is -4.81. The Hall–Kier alpha value is -2.99. The Labute approximate surface area is 228 Å². The molecule has 9 nitrogen and oxygen atoms in total. The number of carbonyl (C=O) groups excluding carboxylic acids is 2. The van der Waals surface area contributed by atoms with Crippen molar-refractivity contribution in [2.75, 3.05) is 19.6 Å². The normalized spacial score (nSPS) is 26.0. The first-order chi connectivity index (χ1) is 18.1. The molecule has 0 spiro atoms. The number of benzene rings is 1. The number of amides is 2. The lowest BCUT2D eigenvalue weighted by Gasteiger charge is -2.45. The predicted molar refractivity (Wildman–Crippen MR) is 139 cm³/mol. The highest BCUT2D eigenvalue weighted by atomic mass is 32.3. The van der Waals surface area contributed by atoms with Crippen molar-refractivity contribution in [1.29, 1.82) is 0 Å². The van der Waals surface area contributed by atoms with Gasteiger partial charge in [-0.05, 0) is 84.3 Å². The number of nitrogens with zero attached hydrogens (tertiary/aromatic N) is 2. The van der Waals surface area contributed by atoms with E-state index in [1.54, 1.807) is 34.6 Å². The van der Waals surface area contributed by atoms with Gasteiger partial charge in [0.1, 0.15) is 28.8 Å². The molecule has 1 unspecified atom stereocenters. The standard InChI is InChI=1S/C27H35F2N3O6S/c1-6-32(25(34)38-26(2,3)4)22-15-17(28)14-21-23(22)30-24(33)27(21,5)31-13-7-8-19(16-31)37-18-9-11-20(12-10-18)39(29,35)36/h9-12,15,19,21H,6-8,13-14,16H2,1-5H3,(H,30,33)/t19-,21?,27-/m1/s1. The second kappa shape index (κ2) is 10.5. The van der Waals surface area contributed by atoms with Gasteiger partial charge in [-0.25, -0.2) is 9.18 Å². The van der Waals surface area contributed by atoms with Crippen molar-refractivity contribution in [3.05, 3.63) is 47.6 Å². The molecular formula is C27H35F2N3O6S. The largest absolute Gasteiger partial charge is 0.489 e. The summed E-state index contributed by atoms with van der Waals surface area (Å²) in [5, 5.41) is 2.94. The Kier molecular flexibility index (Phi) is 7.83. The van der Waals surface area contributed by atoms with Gasteiger partial charge in [0.25, 0.3) is 0 Å². The molecule has 3 atom stereocenters. The predicted octanol–water partition coefficient (Wildman–Crippen LogP) is 4.42. The Bertz CT molecular complexity index is 1310. The van der Waals surface area contributed by atoms with E-state index in [1.165, 1.54) is 23.1 Å². The van der Waals surface area contributed by atoms with Crippen molar-refractivity contribution < 1.29 is 35.8 Å². The summed E-state index contributed by atoms with van der Waals surface area (Å²) < 4.78 is 62.1. The van der Waals surface area contributed by atoms with Gasteiger partial charge in [-0.15, -0.1) is 3.89 Å². The third-order valence-electron chi connectivity index (χ3n) is 7.37. The first kappa shape index (κ1) is 29.0. The molecule has 1 aromatic carbocycles. The first-order valence-electron chi connectivity index (χ1n) is 13.0. The van der Waals surface area contributed by atoms with Crippen LogP contribution in [0.3, 0.4) is 0 Å². The van der Waals surface area contributed by atoms with Crippen LogP contribution in [0.25, 0.3) is 0 Å². The summed E-state index contributed by atoms with van der Waals surface area (Å²) in [6, 6.07) is 5.05. The van der Waals surface area contributed by atoms with Gasteiger partial charge in [0.15, 0.2) is 0 Å². The SMILES string of the molecule is CCN(C(=O)OC(C)(C)C)C1=C2NC(=O)[C@](C)(N3CCC[C@@H](Oc4ccc(S(=O)(=O)F)cc4)C3)C2CC(F)=C1. The number of hydrogen-bond donors (Lipinski definition) is 1. The zero-order valence-corrected chi connectivity index (χ0v) is 23.6. The molecule has 12 heteroatoms. The van der Waals surface area contributed by atoms with E-state index in [0.717, 1.165) is 12.1 Å². The second-order valence-corrected chi connectivity index (χ2v) is 12.6. The summed E-state index contributed by atoms with van der Waals surface area (Å²) >= 11 is 0. The van der Waals surface area contributed by atoms with E-state index in [2.05, 4.69) is 5.32 Å². The number of piperidine rings is 1. The molecule has 1 aliphatic carbocycles. The van der Waals surface area contributed by atoms with E-state index in [9.17, 15) is 21.9 Å². The van der Waals surface area contributed by atoms with Crippen molar-refractivity contribution in [1.82, 2.24) is 15.1 Å². The molecule has 0 radical (unpaired) electrons. The maximum absolute atomic E-state index is 15.1. The number of nitrogens with one attached hydrogen (secondary N) is 1. The average molecular weight is 568 g/mol. The topological polar surface area (TPSA) is 105 Å². The Morgan fingerprint density at radius 2 is 1.92 bits per heavy atom. The number of likely N-dealkylation sites (N-methyl/N-ethyl adjacent to an activating group) is 1. The van der Waals surface area contributed by atoms with E-state index in [0.29, 0.717) is 37.4 Å². The summed E-state index contributed by atoms with van der Waals surface area (Å²) in [6.07, 6.45) is 1.72. The van der Waals surface area contributed by atoms with Crippen LogP contribution in [-0.4, -0.2) is 67.1 Å². The molecule has 1 aromatic rings. The molecule has 0 saturated carbocycles. The molecule has 2 amide bonds. The molecule has 3 aliphatic rings. The Morgan fingerprint density at radius 3 is 2.51 bits per heavy atom. The van der Waals surface area contributed by atoms with Gasteiger partial charge in [0.2, 0.25) is 5.91 Å². The van der Waals surface area contributed by atoms with Gasteiger partial charge in [-0.3, -0.25) is 14.6 Å². The molecule has 4 rings (SSSR count). The summed E-state index contributed by atoms with van der Waals surface area (Å²) in [7, 11) is -4.81. The summed E-state index contributed by atoms with van der Waals surface area (Å²) in [4.78, 5) is 29.3. The highest BCUT2D eigenvalue weighted by Crippen LogP contribution is 2.45. The van der Waals surface area contributed by atoms with Gasteiger partial charge < -0.3 is 14.8 Å². The Balaban J connectivity index is 1.58. The second-order valence-electron chi connectivity index (χ2n) is 11.2. The van der Waals surface area contributed by atoms with Crippen molar-refractivity contribution in [3.8, 4) is 5.75 Å². The van der Waals surface area contributed by atoms with Crippen LogP contribution in [-0.2, 0) is 19.8 Å². The molecule has 2 aliphatic heterocycles. The number of fused-ring (bicyclic) bond motifs is 1. The lowest BCUT2D eigenvalue weighted by atomic mass is 9.78. The van der Waals surface area contributed by atoms with Gasteiger partial charge in [0.05, 0.1) is 10.6 Å². The van der Waals surface area contributed by atoms with Crippen molar-refractivity contribution in [2.45, 2.75) is 76.0 Å². The van der Waals surface area contributed by atoms with Crippen LogP contribution in [0, 0.1) is 5.92 Å². The number of ether oxygens (including phenoxy) is 2. The van der Waals surface area contributed by atoms with E-state index < -0.39 is 44.1 Å². The van der Waals surface area contributed by atoms with Crippen LogP contribution in [0.2, 0.25) is 0 Å². The molecule has 214 valence electrons. The summed E-state index contributed by atoms with van der Waals surface area (Å²) in [6.45, 7) is 9.94. The molecular weight excluding hydrogens is 532 g/mol. The van der Waals surface area contributed by atoms with Crippen molar-refractivity contribution >= 4 is 22.2 Å². The maximum atomic E-state index is 15.1. The number of rotatable bonds is 6. The fourth-order valence-corrected chi connectivity index (χ4v) is 5.89. The fraction of sp³-hybridized carbons (Fsp3) is 0.556. The van der Waals surface area contributed by atoms with E-state index in [4.69, 9.17) is 9.47 Å². The van der Waals surface area contributed by atoms with E-state index in [-0.39, 0.29) is 30.7 Å². The van der Waals surface area contributed by atoms with Gasteiger partial charge in [-0.2, -0.15) is 8.42 Å². The van der Waals surface area contributed by atoms with Crippen LogP contribution in [0.1, 0.15) is 53.9 Å². The van der Waals surface area contributed by atoms with Crippen LogP contribution in [0.15, 0.2) is 52.5 Å². The Morgan fingerprint density at radius 1 is 1.26 bits per heavy atom. The molecule has 0 aromatic heterocycles. The van der Waals surface area contributed by atoms with Crippen LogP contribution in [0.5, 0.6) is 5.75 Å². The molecule has 2 heterocycles. The zero-order valence-electron chi connectivity index (χ0n) is 22.8. The fourth-order valence-electron chi connectivity index (χ4n) is 5.43. The number of halogens is 2. The maximum Gasteiger partial charge on any atom is 0.414 e. The van der Waals surface area contributed by atoms with Gasteiger partial charge >= 0.3 is 16.3 Å². The zero-order chi connectivity index (χ0) is 28.8. The number of likely N-dealkylation sites (tertiary alicyclic amines) is 1. The molecule has 39 heavy (non-hydrogen) atoms. The van der Waals surface area contributed by atoms with Crippen molar-refractivity contribution in [2.24, 2.45) is 5.92 Å². The lowest BCUT2D eigenvalue weighted by Crippen LogP contribution is -2.59. The molecule has 0 bridgehead atoms. The van der Waals surface area contributed by atoms with Crippen molar-refractivity contribution in [3.63, 3.8) is 0 Å². The van der Waals surface area contributed by atoms with E-state index >= 15 is 4.39 Å². The number of carbonyl (C=O) groups is 2. The quantitative estimate of drug-likeness (QED) is 0.508. The van der Waals surface area contributed by atoms with Crippen LogP contribution < -0.4 is 10.1 Å². The third kappa shape index (κ3) is 5.96. The van der Waals surface area contributed by atoms with E-state index in [1.807, 2.05) is 4.90 Å². The third-order valence-corrected chi connectivity index (χ3v) is 8.20. The van der Waals surface area contributed by atoms with Gasteiger partial charge in [0, 0.05) is 31.1 Å².